The van der Waals surface area contributed by atoms with E-state index < -0.39 is 0 Å². The van der Waals surface area contributed by atoms with Gasteiger partial charge < -0.3 is 15.4 Å². The SMILES string of the molecule is Cc1cccc(NC(=O)c2ccccc2NC(=O)CCOCc2ccccc2)c1. The first kappa shape index (κ1) is 20.3. The van der Waals surface area contributed by atoms with Gasteiger partial charge in [-0.3, -0.25) is 9.59 Å². The van der Waals surface area contributed by atoms with E-state index in [9.17, 15) is 9.59 Å². The van der Waals surface area contributed by atoms with E-state index in [1.165, 1.54) is 0 Å². The van der Waals surface area contributed by atoms with Crippen molar-refractivity contribution in [3.8, 4) is 0 Å². The minimum atomic E-state index is -0.271. The molecule has 5 nitrogen and oxygen atoms in total. The molecule has 2 N–H and O–H groups in total. The zero-order valence-electron chi connectivity index (χ0n) is 16.4. The van der Waals surface area contributed by atoms with Gasteiger partial charge in [-0.25, -0.2) is 0 Å². The van der Waals surface area contributed by atoms with E-state index in [0.717, 1.165) is 11.1 Å². The van der Waals surface area contributed by atoms with E-state index in [-0.39, 0.29) is 18.2 Å². The number of ether oxygens (including phenoxy) is 1. The average molecular weight is 388 g/mol. The van der Waals surface area contributed by atoms with Crippen molar-refractivity contribution in [2.24, 2.45) is 0 Å². The molecule has 2 amide bonds. The third-order valence-electron chi connectivity index (χ3n) is 4.31. The molecule has 3 aromatic rings. The number of aryl methyl sites for hydroxylation is 1. The Morgan fingerprint density at radius 3 is 2.41 bits per heavy atom. The van der Waals surface area contributed by atoms with Gasteiger partial charge in [0.05, 0.1) is 30.9 Å². The summed E-state index contributed by atoms with van der Waals surface area (Å²) in [6, 6.07) is 24.3. The lowest BCUT2D eigenvalue weighted by Gasteiger charge is -2.12. The first-order valence-corrected chi connectivity index (χ1v) is 9.50. The first-order valence-electron chi connectivity index (χ1n) is 9.50. The molecule has 0 unspecified atom stereocenters. The summed E-state index contributed by atoms with van der Waals surface area (Å²) in [6.07, 6.45) is 0.209. The minimum absolute atomic E-state index is 0.200. The van der Waals surface area contributed by atoms with Crippen LogP contribution in [0, 0.1) is 6.92 Å². The Bertz CT molecular complexity index is 971. The number of benzene rings is 3. The molecule has 0 heterocycles. The molecular formula is C24H24N2O3. The number of para-hydroxylation sites is 1. The van der Waals surface area contributed by atoms with Gasteiger partial charge in [-0.1, -0.05) is 54.6 Å². The van der Waals surface area contributed by atoms with Crippen molar-refractivity contribution < 1.29 is 14.3 Å². The number of amides is 2. The van der Waals surface area contributed by atoms with Crippen LogP contribution in [0.5, 0.6) is 0 Å². The van der Waals surface area contributed by atoms with Gasteiger partial charge >= 0.3 is 0 Å². The van der Waals surface area contributed by atoms with Crippen LogP contribution in [0.2, 0.25) is 0 Å². The molecule has 0 atom stereocenters. The van der Waals surface area contributed by atoms with Gasteiger partial charge in [-0.05, 0) is 42.3 Å². The molecular weight excluding hydrogens is 364 g/mol. The lowest BCUT2D eigenvalue weighted by Crippen LogP contribution is -2.19. The quantitative estimate of drug-likeness (QED) is 0.545. The summed E-state index contributed by atoms with van der Waals surface area (Å²) in [5.41, 5.74) is 3.72. The number of carbonyl (C=O) groups is 2. The molecule has 0 aliphatic heterocycles. The normalized spacial score (nSPS) is 10.4. The fourth-order valence-electron chi connectivity index (χ4n) is 2.85. The Morgan fingerprint density at radius 1 is 0.862 bits per heavy atom. The maximum atomic E-state index is 12.7. The molecule has 148 valence electrons. The van der Waals surface area contributed by atoms with Crippen molar-refractivity contribution >= 4 is 23.2 Å². The highest BCUT2D eigenvalue weighted by molar-refractivity contribution is 6.10. The van der Waals surface area contributed by atoms with E-state index in [1.54, 1.807) is 24.3 Å². The zero-order chi connectivity index (χ0) is 20.5. The van der Waals surface area contributed by atoms with E-state index in [2.05, 4.69) is 10.6 Å². The van der Waals surface area contributed by atoms with Crippen LogP contribution in [0.1, 0.15) is 27.9 Å². The molecule has 0 radical (unpaired) electrons. The van der Waals surface area contributed by atoms with Gasteiger partial charge in [-0.2, -0.15) is 0 Å². The molecule has 3 aromatic carbocycles. The molecule has 5 heteroatoms. The summed E-state index contributed by atoms with van der Waals surface area (Å²) < 4.78 is 5.56. The predicted molar refractivity (Wildman–Crippen MR) is 115 cm³/mol. The van der Waals surface area contributed by atoms with Gasteiger partial charge in [0.1, 0.15) is 0 Å². The van der Waals surface area contributed by atoms with E-state index >= 15 is 0 Å². The highest BCUT2D eigenvalue weighted by Crippen LogP contribution is 2.18. The van der Waals surface area contributed by atoms with Crippen molar-refractivity contribution in [3.05, 3.63) is 95.6 Å². The summed E-state index contributed by atoms with van der Waals surface area (Å²) in [4.78, 5) is 24.9. The van der Waals surface area contributed by atoms with Gasteiger partial charge in [-0.15, -0.1) is 0 Å². The Morgan fingerprint density at radius 2 is 1.62 bits per heavy atom. The molecule has 29 heavy (non-hydrogen) atoms. The summed E-state index contributed by atoms with van der Waals surface area (Å²) in [7, 11) is 0. The Balaban J connectivity index is 1.54. The van der Waals surface area contributed by atoms with Crippen molar-refractivity contribution in [2.45, 2.75) is 20.0 Å². The molecule has 0 spiro atoms. The van der Waals surface area contributed by atoms with Crippen LogP contribution in [0.4, 0.5) is 11.4 Å². The first-order chi connectivity index (χ1) is 14.1. The molecule has 0 aliphatic carbocycles. The Labute approximate surface area is 170 Å². The van der Waals surface area contributed by atoms with Crippen LogP contribution in [0.25, 0.3) is 0 Å². The zero-order valence-corrected chi connectivity index (χ0v) is 16.4. The molecule has 0 fully saturated rings. The summed E-state index contributed by atoms with van der Waals surface area (Å²) in [5, 5.41) is 5.68. The third-order valence-corrected chi connectivity index (χ3v) is 4.31. The molecule has 0 saturated carbocycles. The van der Waals surface area contributed by atoms with E-state index in [4.69, 9.17) is 4.74 Å². The van der Waals surface area contributed by atoms with E-state index in [0.29, 0.717) is 30.2 Å². The van der Waals surface area contributed by atoms with Gasteiger partial charge in [0.15, 0.2) is 0 Å². The molecule has 3 rings (SSSR count). The van der Waals surface area contributed by atoms with Crippen molar-refractivity contribution in [2.75, 3.05) is 17.2 Å². The molecule has 0 aliphatic rings. The van der Waals surface area contributed by atoms with Crippen molar-refractivity contribution in [1.82, 2.24) is 0 Å². The number of hydrogen-bond acceptors (Lipinski definition) is 3. The van der Waals surface area contributed by atoms with Crippen LogP contribution in [0.15, 0.2) is 78.9 Å². The number of carbonyl (C=O) groups excluding carboxylic acids is 2. The van der Waals surface area contributed by atoms with Crippen molar-refractivity contribution in [3.63, 3.8) is 0 Å². The second-order valence-corrected chi connectivity index (χ2v) is 6.71. The summed E-state index contributed by atoms with van der Waals surface area (Å²) in [6.45, 7) is 2.73. The van der Waals surface area contributed by atoms with Crippen molar-refractivity contribution in [1.29, 1.82) is 0 Å². The Kier molecular flexibility index (Phi) is 7.14. The third kappa shape index (κ3) is 6.30. The topological polar surface area (TPSA) is 67.4 Å². The standard InChI is InChI=1S/C24H24N2O3/c1-18-8-7-11-20(16-18)25-24(28)21-12-5-6-13-22(21)26-23(27)14-15-29-17-19-9-3-2-4-10-19/h2-13,16H,14-15,17H2,1H3,(H,25,28)(H,26,27). The smallest absolute Gasteiger partial charge is 0.257 e. The van der Waals surface area contributed by atoms with Crippen LogP contribution >= 0.6 is 0 Å². The fraction of sp³-hybridized carbons (Fsp3) is 0.167. The van der Waals surface area contributed by atoms with Gasteiger partial charge in [0, 0.05) is 5.69 Å². The van der Waals surface area contributed by atoms with Crippen LogP contribution in [-0.4, -0.2) is 18.4 Å². The second-order valence-electron chi connectivity index (χ2n) is 6.71. The lowest BCUT2D eigenvalue weighted by molar-refractivity contribution is -0.117. The minimum Gasteiger partial charge on any atom is -0.376 e. The lowest BCUT2D eigenvalue weighted by atomic mass is 10.1. The average Bonchev–Trinajstić information content (AvgIpc) is 2.72. The molecule has 0 saturated heterocycles. The maximum Gasteiger partial charge on any atom is 0.257 e. The fourth-order valence-corrected chi connectivity index (χ4v) is 2.85. The number of nitrogens with one attached hydrogen (secondary N) is 2. The highest BCUT2D eigenvalue weighted by Gasteiger charge is 2.13. The van der Waals surface area contributed by atoms with Crippen LogP contribution < -0.4 is 10.6 Å². The number of anilines is 2. The monoisotopic (exact) mass is 388 g/mol. The summed E-state index contributed by atoms with van der Waals surface area (Å²) in [5.74, 6) is -0.472. The molecule has 0 aromatic heterocycles. The van der Waals surface area contributed by atoms with Gasteiger partial charge in [0.2, 0.25) is 5.91 Å². The van der Waals surface area contributed by atoms with Crippen LogP contribution in [-0.2, 0) is 16.1 Å². The largest absolute Gasteiger partial charge is 0.376 e. The van der Waals surface area contributed by atoms with E-state index in [1.807, 2.05) is 61.5 Å². The molecule has 0 bridgehead atoms. The second kappa shape index (κ2) is 10.2. The maximum absolute atomic E-state index is 12.7. The predicted octanol–water partition coefficient (Wildman–Crippen LogP) is 4.79. The van der Waals surface area contributed by atoms with Crippen LogP contribution in [0.3, 0.4) is 0 Å². The summed E-state index contributed by atoms with van der Waals surface area (Å²) >= 11 is 0. The van der Waals surface area contributed by atoms with Gasteiger partial charge in [0.25, 0.3) is 5.91 Å². The number of hydrogen-bond donors (Lipinski definition) is 2. The highest BCUT2D eigenvalue weighted by atomic mass is 16.5. The number of rotatable bonds is 8. The Hall–Kier alpha value is -3.44.